The monoisotopic (exact) mass is 281 g/mol. The highest BCUT2D eigenvalue weighted by Crippen LogP contribution is 2.36. The molecule has 1 fully saturated rings. The fourth-order valence-electron chi connectivity index (χ4n) is 2.02. The van der Waals surface area contributed by atoms with E-state index < -0.39 is 30.2 Å². The average molecular weight is 281 g/mol. The molecule has 6 heteroatoms. The summed E-state index contributed by atoms with van der Waals surface area (Å²) in [5.74, 6) is -0.425. The zero-order valence-corrected chi connectivity index (χ0v) is 12.6. The van der Waals surface area contributed by atoms with E-state index in [0.29, 0.717) is 5.59 Å². The number of pyridine rings is 1. The van der Waals surface area contributed by atoms with Crippen LogP contribution < -0.4 is 5.59 Å². The Morgan fingerprint density at radius 1 is 1.25 bits per heavy atom. The lowest BCUT2D eigenvalue weighted by Gasteiger charge is -2.32. The number of aromatic nitrogens is 1. The second-order valence-electron chi connectivity index (χ2n) is 6.31. The van der Waals surface area contributed by atoms with Gasteiger partial charge < -0.3 is 14.4 Å². The Kier molecular flexibility index (Phi) is 3.93. The molecule has 110 valence electrons. The van der Waals surface area contributed by atoms with Gasteiger partial charge in [-0.1, -0.05) is 0 Å². The third kappa shape index (κ3) is 2.87. The molecule has 0 saturated carbocycles. The molecule has 0 radical (unpaired) electrons. The molecule has 0 aromatic carbocycles. The number of hydrogen-bond donors (Lipinski definition) is 1. The number of aliphatic hydroxyl groups excluding tert-OH is 1. The van der Waals surface area contributed by atoms with E-state index >= 15 is 0 Å². The first-order valence-corrected chi connectivity index (χ1v) is 6.81. The number of nitrogens with zero attached hydrogens (tertiary/aromatic N) is 1. The molecule has 4 nitrogen and oxygen atoms in total. The Morgan fingerprint density at radius 2 is 1.80 bits per heavy atom. The molecule has 20 heavy (non-hydrogen) atoms. The van der Waals surface area contributed by atoms with Crippen LogP contribution in [-0.2, 0) is 15.7 Å². The Bertz CT molecular complexity index is 489. The van der Waals surface area contributed by atoms with Crippen molar-refractivity contribution in [1.82, 2.24) is 4.98 Å². The molecular weight excluding hydrogens is 260 g/mol. The van der Waals surface area contributed by atoms with Crippen LogP contribution in [0.4, 0.5) is 4.39 Å². The Balaban J connectivity index is 2.27. The SMILES string of the molecule is CC(O)Cc1nc(B2OC(C)(C)C(C)(C)O2)ccc1F. The molecule has 1 aromatic rings. The minimum absolute atomic E-state index is 0.166. The molecule has 0 bridgehead atoms. The fourth-order valence-corrected chi connectivity index (χ4v) is 2.02. The van der Waals surface area contributed by atoms with Gasteiger partial charge in [0.2, 0.25) is 0 Å². The van der Waals surface area contributed by atoms with Gasteiger partial charge in [0.15, 0.2) is 0 Å². The van der Waals surface area contributed by atoms with E-state index in [1.54, 1.807) is 13.0 Å². The second-order valence-corrected chi connectivity index (χ2v) is 6.31. The Hall–Kier alpha value is -0.975. The lowest BCUT2D eigenvalue weighted by molar-refractivity contribution is 0.00578. The van der Waals surface area contributed by atoms with E-state index in [4.69, 9.17) is 9.31 Å². The van der Waals surface area contributed by atoms with E-state index in [9.17, 15) is 9.50 Å². The summed E-state index contributed by atoms with van der Waals surface area (Å²) in [6.45, 7) is 9.41. The molecule has 1 atom stereocenters. The number of halogens is 1. The maximum Gasteiger partial charge on any atom is 0.514 e. The van der Waals surface area contributed by atoms with Gasteiger partial charge in [0, 0.05) is 6.42 Å². The predicted octanol–water partition coefficient (Wildman–Crippen LogP) is 1.44. The zero-order valence-electron chi connectivity index (χ0n) is 12.6. The van der Waals surface area contributed by atoms with Crippen molar-refractivity contribution in [3.63, 3.8) is 0 Å². The van der Waals surface area contributed by atoms with Crippen LogP contribution >= 0.6 is 0 Å². The molecule has 2 rings (SSSR count). The second kappa shape index (κ2) is 5.09. The van der Waals surface area contributed by atoms with Gasteiger partial charge in [-0.15, -0.1) is 0 Å². The van der Waals surface area contributed by atoms with Crippen LogP contribution in [0.1, 0.15) is 40.3 Å². The quantitative estimate of drug-likeness (QED) is 0.852. The van der Waals surface area contributed by atoms with Gasteiger partial charge in [0.05, 0.1) is 28.6 Å². The summed E-state index contributed by atoms with van der Waals surface area (Å²) in [7, 11) is -0.617. The van der Waals surface area contributed by atoms with Gasteiger partial charge >= 0.3 is 7.12 Å². The Morgan fingerprint density at radius 3 is 2.30 bits per heavy atom. The number of aliphatic hydroxyl groups is 1. The highest BCUT2D eigenvalue weighted by molar-refractivity contribution is 6.61. The molecule has 1 unspecified atom stereocenters. The van der Waals surface area contributed by atoms with Crippen LogP contribution in [0.2, 0.25) is 0 Å². The molecule has 1 aliphatic heterocycles. The number of hydrogen-bond acceptors (Lipinski definition) is 4. The van der Waals surface area contributed by atoms with Crippen molar-refractivity contribution in [2.75, 3.05) is 0 Å². The normalized spacial score (nSPS) is 22.1. The number of rotatable bonds is 3. The Labute approximate surface area is 119 Å². The van der Waals surface area contributed by atoms with Crippen molar-refractivity contribution < 1.29 is 18.8 Å². The van der Waals surface area contributed by atoms with Gasteiger partial charge in [-0.2, -0.15) is 0 Å². The van der Waals surface area contributed by atoms with Gasteiger partial charge in [0.25, 0.3) is 0 Å². The maximum absolute atomic E-state index is 13.7. The zero-order chi connectivity index (χ0) is 15.1. The average Bonchev–Trinajstić information content (AvgIpc) is 2.50. The van der Waals surface area contributed by atoms with Crippen LogP contribution in [0, 0.1) is 5.82 Å². The molecule has 1 N–H and O–H groups in total. The molecular formula is C14H21BFNO3. The van der Waals surface area contributed by atoms with Gasteiger partial charge in [0.1, 0.15) is 5.82 Å². The lowest BCUT2D eigenvalue weighted by atomic mass is 9.84. The summed E-state index contributed by atoms with van der Waals surface area (Å²) in [5.41, 5.74) is -0.163. The summed E-state index contributed by atoms with van der Waals surface area (Å²) >= 11 is 0. The first-order valence-electron chi connectivity index (χ1n) is 6.81. The molecule has 0 aliphatic carbocycles. The van der Waals surface area contributed by atoms with Crippen molar-refractivity contribution in [2.45, 2.75) is 58.3 Å². The van der Waals surface area contributed by atoms with Crippen molar-refractivity contribution in [3.8, 4) is 0 Å². The summed E-state index contributed by atoms with van der Waals surface area (Å²) in [4.78, 5) is 4.24. The van der Waals surface area contributed by atoms with Crippen molar-refractivity contribution in [3.05, 3.63) is 23.6 Å². The third-order valence-corrected chi connectivity index (χ3v) is 3.92. The van der Waals surface area contributed by atoms with E-state index in [-0.39, 0.29) is 12.1 Å². The topological polar surface area (TPSA) is 51.6 Å². The van der Waals surface area contributed by atoms with Crippen LogP contribution in [0.3, 0.4) is 0 Å². The van der Waals surface area contributed by atoms with E-state index in [2.05, 4.69) is 4.98 Å². The molecule has 0 spiro atoms. The van der Waals surface area contributed by atoms with Gasteiger partial charge in [-0.05, 0) is 46.8 Å². The van der Waals surface area contributed by atoms with Crippen LogP contribution in [0.25, 0.3) is 0 Å². The van der Waals surface area contributed by atoms with E-state index in [0.717, 1.165) is 0 Å². The van der Waals surface area contributed by atoms with Gasteiger partial charge in [-0.3, -0.25) is 4.98 Å². The summed E-state index contributed by atoms with van der Waals surface area (Å²) in [6.07, 6.45) is -0.482. The first-order chi connectivity index (χ1) is 9.12. The standard InChI is InChI=1S/C14H21BFNO3/c1-9(18)8-11-10(16)6-7-12(17-11)15-19-13(2,3)14(4,5)20-15/h6-7,9,18H,8H2,1-5H3. The molecule has 2 heterocycles. The molecule has 1 saturated heterocycles. The van der Waals surface area contributed by atoms with Crippen LogP contribution in [-0.4, -0.2) is 34.5 Å². The summed E-state index contributed by atoms with van der Waals surface area (Å²) in [5, 5.41) is 9.38. The van der Waals surface area contributed by atoms with Crippen molar-refractivity contribution >= 4 is 12.7 Å². The molecule has 1 aliphatic rings. The van der Waals surface area contributed by atoms with Crippen LogP contribution in [0.5, 0.6) is 0 Å². The summed E-state index contributed by atoms with van der Waals surface area (Å²) < 4.78 is 25.4. The van der Waals surface area contributed by atoms with E-state index in [1.807, 2.05) is 27.7 Å². The van der Waals surface area contributed by atoms with Gasteiger partial charge in [-0.25, -0.2) is 4.39 Å². The van der Waals surface area contributed by atoms with Crippen LogP contribution in [0.15, 0.2) is 12.1 Å². The lowest BCUT2D eigenvalue weighted by Crippen LogP contribution is -2.41. The highest BCUT2D eigenvalue weighted by Gasteiger charge is 2.52. The maximum atomic E-state index is 13.7. The minimum atomic E-state index is -0.648. The highest BCUT2D eigenvalue weighted by atomic mass is 19.1. The van der Waals surface area contributed by atoms with Crippen molar-refractivity contribution in [1.29, 1.82) is 0 Å². The largest absolute Gasteiger partial charge is 0.514 e. The summed E-state index contributed by atoms with van der Waals surface area (Å²) in [6, 6.07) is 2.90. The minimum Gasteiger partial charge on any atom is -0.398 e. The third-order valence-electron chi connectivity index (χ3n) is 3.92. The van der Waals surface area contributed by atoms with Crippen molar-refractivity contribution in [2.24, 2.45) is 0 Å². The predicted molar refractivity (Wildman–Crippen MR) is 75.3 cm³/mol. The first kappa shape index (κ1) is 15.4. The smallest absolute Gasteiger partial charge is 0.398 e. The molecule has 0 amide bonds. The fraction of sp³-hybridized carbons (Fsp3) is 0.643. The van der Waals surface area contributed by atoms with E-state index in [1.165, 1.54) is 6.07 Å². The molecule has 1 aromatic heterocycles.